The summed E-state index contributed by atoms with van der Waals surface area (Å²) in [5.74, 6) is -0.451. The molecule has 1 aromatic heterocycles. The molecule has 2 N–H and O–H groups in total. The van der Waals surface area contributed by atoms with Crippen LogP contribution < -0.4 is 10.6 Å². The van der Waals surface area contributed by atoms with Gasteiger partial charge in [0.25, 0.3) is 0 Å². The number of halogens is 3. The lowest BCUT2D eigenvalue weighted by molar-refractivity contribution is -0.303. The van der Waals surface area contributed by atoms with E-state index in [1.165, 1.54) is 6.08 Å². The van der Waals surface area contributed by atoms with Gasteiger partial charge in [-0.3, -0.25) is 4.79 Å². The van der Waals surface area contributed by atoms with Gasteiger partial charge in [-0.15, -0.1) is 18.3 Å². The van der Waals surface area contributed by atoms with Crippen LogP contribution in [-0.2, 0) is 9.53 Å². The summed E-state index contributed by atoms with van der Waals surface area (Å²) in [5.41, 5.74) is 1.17. The summed E-state index contributed by atoms with van der Waals surface area (Å²) in [6.45, 7) is 6.66. The minimum atomic E-state index is -4.83. The van der Waals surface area contributed by atoms with Crippen LogP contribution in [0.5, 0.6) is 0 Å². The average molecular weight is 382 g/mol. The molecule has 1 saturated heterocycles. The zero-order valence-corrected chi connectivity index (χ0v) is 14.8. The fourth-order valence-corrected chi connectivity index (χ4v) is 2.66. The van der Waals surface area contributed by atoms with Gasteiger partial charge in [-0.05, 0) is 43.7 Å². The van der Waals surface area contributed by atoms with Crippen molar-refractivity contribution in [3.63, 3.8) is 0 Å². The smallest absolute Gasteiger partial charge is 0.406 e. The SMILES string of the molecule is C=C(/C=C(\C=C/C)CC(=O)Nc1ccc(C2CCNC2)nn1)OC(F)(F)F. The molecule has 0 radical (unpaired) electrons. The summed E-state index contributed by atoms with van der Waals surface area (Å²) in [7, 11) is 0. The van der Waals surface area contributed by atoms with Crippen LogP contribution >= 0.6 is 0 Å². The third kappa shape index (κ3) is 7.22. The summed E-state index contributed by atoms with van der Waals surface area (Å²) in [5, 5.41) is 13.9. The Hall–Kier alpha value is -2.68. The lowest BCUT2D eigenvalue weighted by Crippen LogP contribution is -2.15. The second-order valence-electron chi connectivity index (χ2n) is 5.99. The number of carbonyl (C=O) groups excluding carboxylic acids is 1. The maximum atomic E-state index is 12.2. The molecule has 0 aromatic carbocycles. The van der Waals surface area contributed by atoms with Crippen LogP contribution in [0.15, 0.2) is 48.3 Å². The van der Waals surface area contributed by atoms with E-state index in [1.807, 2.05) is 6.07 Å². The van der Waals surface area contributed by atoms with Gasteiger partial charge in [0.15, 0.2) is 5.82 Å². The summed E-state index contributed by atoms with van der Waals surface area (Å²) >= 11 is 0. The molecule has 1 unspecified atom stereocenters. The van der Waals surface area contributed by atoms with Crippen LogP contribution in [0.1, 0.15) is 31.4 Å². The Morgan fingerprint density at radius 3 is 2.78 bits per heavy atom. The predicted molar refractivity (Wildman–Crippen MR) is 94.7 cm³/mol. The first-order valence-corrected chi connectivity index (χ1v) is 8.39. The summed E-state index contributed by atoms with van der Waals surface area (Å²) in [4.78, 5) is 12.1. The molecular weight excluding hydrogens is 361 g/mol. The molecule has 0 saturated carbocycles. The summed E-state index contributed by atoms with van der Waals surface area (Å²) in [6.07, 6.45) is 0.164. The third-order valence-electron chi connectivity index (χ3n) is 3.77. The monoisotopic (exact) mass is 382 g/mol. The minimum absolute atomic E-state index is 0.166. The number of ether oxygens (including phenoxy) is 1. The topological polar surface area (TPSA) is 76.1 Å². The fraction of sp³-hybridized carbons (Fsp3) is 0.389. The largest absolute Gasteiger partial charge is 0.573 e. The summed E-state index contributed by atoms with van der Waals surface area (Å²) in [6, 6.07) is 3.46. The molecule has 2 rings (SSSR count). The Balaban J connectivity index is 1.96. The first-order valence-electron chi connectivity index (χ1n) is 8.39. The van der Waals surface area contributed by atoms with Gasteiger partial charge in [-0.1, -0.05) is 18.7 Å². The van der Waals surface area contributed by atoms with E-state index in [-0.39, 0.29) is 12.2 Å². The molecular formula is C18H21F3N4O2. The molecule has 2 heterocycles. The second-order valence-corrected chi connectivity index (χ2v) is 5.99. The van der Waals surface area contributed by atoms with Gasteiger partial charge >= 0.3 is 6.36 Å². The number of anilines is 1. The molecule has 1 amide bonds. The molecule has 0 aliphatic carbocycles. The van der Waals surface area contributed by atoms with Crippen molar-refractivity contribution in [3.8, 4) is 0 Å². The molecule has 1 aliphatic heterocycles. The number of hydrogen-bond donors (Lipinski definition) is 2. The van der Waals surface area contributed by atoms with Gasteiger partial charge in [0.05, 0.1) is 12.1 Å². The first kappa shape index (κ1) is 20.6. The Morgan fingerprint density at radius 2 is 2.22 bits per heavy atom. The standard InChI is InChI=1S/C18H21F3N4O2/c1-3-4-13(9-12(2)27-18(19,20)21)10-17(26)23-16-6-5-15(24-25-16)14-7-8-22-11-14/h3-6,9,14,22H,2,7-8,10-11H2,1H3,(H,23,25,26)/b4-3-,13-9+. The molecule has 1 fully saturated rings. The zero-order valence-electron chi connectivity index (χ0n) is 14.8. The number of carbonyl (C=O) groups is 1. The van der Waals surface area contributed by atoms with Crippen molar-refractivity contribution in [2.45, 2.75) is 32.0 Å². The van der Waals surface area contributed by atoms with Crippen LogP contribution in [0.3, 0.4) is 0 Å². The summed E-state index contributed by atoms with van der Waals surface area (Å²) < 4.78 is 40.3. The van der Waals surface area contributed by atoms with Crippen molar-refractivity contribution < 1.29 is 22.7 Å². The molecule has 146 valence electrons. The van der Waals surface area contributed by atoms with E-state index in [4.69, 9.17) is 0 Å². The van der Waals surface area contributed by atoms with Gasteiger partial charge in [0, 0.05) is 12.5 Å². The van der Waals surface area contributed by atoms with Crippen LogP contribution in [0.4, 0.5) is 19.0 Å². The molecule has 1 aliphatic rings. The normalized spacial score (nSPS) is 17.9. The number of allylic oxidation sites excluding steroid dienone is 3. The number of nitrogens with one attached hydrogen (secondary N) is 2. The average Bonchev–Trinajstić information content (AvgIpc) is 3.08. The Kier molecular flexibility index (Phi) is 7.12. The number of aromatic nitrogens is 2. The lowest BCUT2D eigenvalue weighted by atomic mass is 10.1. The maximum absolute atomic E-state index is 12.2. The van der Waals surface area contributed by atoms with Gasteiger partial charge in [-0.2, -0.15) is 5.10 Å². The van der Waals surface area contributed by atoms with E-state index in [0.717, 1.165) is 31.3 Å². The number of nitrogens with zero attached hydrogens (tertiary/aromatic N) is 2. The van der Waals surface area contributed by atoms with E-state index in [2.05, 4.69) is 32.1 Å². The van der Waals surface area contributed by atoms with Crippen LogP contribution in [-0.4, -0.2) is 35.6 Å². The van der Waals surface area contributed by atoms with Crippen molar-refractivity contribution in [2.24, 2.45) is 0 Å². The fourth-order valence-electron chi connectivity index (χ4n) is 2.66. The van der Waals surface area contributed by atoms with Crippen molar-refractivity contribution in [2.75, 3.05) is 18.4 Å². The predicted octanol–water partition coefficient (Wildman–Crippen LogP) is 3.43. The van der Waals surface area contributed by atoms with E-state index in [1.54, 1.807) is 19.1 Å². The number of alkyl halides is 3. The van der Waals surface area contributed by atoms with Gasteiger partial charge in [0.2, 0.25) is 5.91 Å². The highest BCUT2D eigenvalue weighted by atomic mass is 19.4. The van der Waals surface area contributed by atoms with E-state index >= 15 is 0 Å². The van der Waals surface area contributed by atoms with Crippen molar-refractivity contribution in [1.29, 1.82) is 0 Å². The highest BCUT2D eigenvalue weighted by Gasteiger charge is 2.31. The van der Waals surface area contributed by atoms with E-state index in [9.17, 15) is 18.0 Å². The van der Waals surface area contributed by atoms with Crippen molar-refractivity contribution >= 4 is 11.7 Å². The number of hydrogen-bond acceptors (Lipinski definition) is 5. The zero-order chi connectivity index (χ0) is 19.9. The maximum Gasteiger partial charge on any atom is 0.573 e. The van der Waals surface area contributed by atoms with E-state index in [0.29, 0.717) is 11.5 Å². The Bertz CT molecular complexity index is 721. The number of rotatable bonds is 7. The van der Waals surface area contributed by atoms with Crippen LogP contribution in [0.25, 0.3) is 0 Å². The van der Waals surface area contributed by atoms with E-state index < -0.39 is 18.0 Å². The molecule has 6 nitrogen and oxygen atoms in total. The lowest BCUT2D eigenvalue weighted by Gasteiger charge is -2.10. The van der Waals surface area contributed by atoms with Crippen LogP contribution in [0, 0.1) is 0 Å². The Labute approximate surface area is 155 Å². The van der Waals surface area contributed by atoms with Gasteiger partial charge in [-0.25, -0.2) is 0 Å². The van der Waals surface area contributed by atoms with Gasteiger partial charge in [0.1, 0.15) is 5.76 Å². The third-order valence-corrected chi connectivity index (χ3v) is 3.77. The molecule has 0 spiro atoms. The van der Waals surface area contributed by atoms with Crippen molar-refractivity contribution in [1.82, 2.24) is 15.5 Å². The minimum Gasteiger partial charge on any atom is -0.406 e. The molecule has 1 atom stereocenters. The quantitative estimate of drug-likeness (QED) is 0.558. The van der Waals surface area contributed by atoms with Gasteiger partial charge < -0.3 is 15.4 Å². The molecule has 1 aromatic rings. The van der Waals surface area contributed by atoms with Crippen molar-refractivity contribution in [3.05, 3.63) is 54.0 Å². The highest BCUT2D eigenvalue weighted by Crippen LogP contribution is 2.22. The van der Waals surface area contributed by atoms with Crippen LogP contribution in [0.2, 0.25) is 0 Å². The molecule has 0 bridgehead atoms. The Morgan fingerprint density at radius 1 is 1.44 bits per heavy atom. The molecule has 27 heavy (non-hydrogen) atoms. The second kappa shape index (κ2) is 9.31. The molecule has 9 heteroatoms. The number of amides is 1. The first-order chi connectivity index (χ1) is 12.8. The highest BCUT2D eigenvalue weighted by molar-refractivity contribution is 5.91.